The zero-order valence-corrected chi connectivity index (χ0v) is 38.2. The van der Waals surface area contributed by atoms with Crippen LogP contribution >= 0.6 is 22.7 Å². The van der Waals surface area contributed by atoms with Crippen molar-refractivity contribution in [3.63, 3.8) is 0 Å². The van der Waals surface area contributed by atoms with E-state index in [9.17, 15) is 0 Å². The van der Waals surface area contributed by atoms with Gasteiger partial charge in [-0.25, -0.2) is 0 Å². The molecule has 0 spiro atoms. The van der Waals surface area contributed by atoms with E-state index in [0.717, 1.165) is 0 Å². The van der Waals surface area contributed by atoms with Crippen molar-refractivity contribution in [3.05, 3.63) is 114 Å². The van der Waals surface area contributed by atoms with Crippen LogP contribution in [0.3, 0.4) is 0 Å². The average molecular weight is 789 g/mol. The molecule has 7 heteroatoms. The van der Waals surface area contributed by atoms with Gasteiger partial charge in [-0.05, 0) is 74.2 Å². The zero-order valence-electron chi connectivity index (χ0n) is 34.6. The molecule has 4 heterocycles. The Morgan fingerprint density at radius 3 is 1.18 bits per heavy atom. The summed E-state index contributed by atoms with van der Waals surface area (Å²) in [6.07, 6.45) is 0. The molecule has 2 aromatic heterocycles. The monoisotopic (exact) mass is 788 g/mol. The minimum absolute atomic E-state index is 0.0826. The van der Waals surface area contributed by atoms with Crippen LogP contribution in [0.15, 0.2) is 103 Å². The van der Waals surface area contributed by atoms with E-state index in [4.69, 9.17) is 0 Å². The second-order valence-corrected chi connectivity index (χ2v) is 32.1. The molecule has 0 N–H and O–H groups in total. The van der Waals surface area contributed by atoms with E-state index in [1.807, 2.05) is 0 Å². The topological polar surface area (TPSA) is 6.48 Å². The standard InChI is InChI=1S/C48H53BN2S2Si2/c1-47(2,3)30-22-26-32(27-23-30)50-36-18-15-19-37-40(36)49(45-41(50)34-16-13-20-38(43(34)52-45)54(7,8)9)46-42(35-17-14-21-39(44(35)53-46)55(10,11)12)51(37)33-28-24-31(25-29-33)48(4,5)6/h13-29H,1-12H3. The Bertz CT molecular complexity index is 2460. The summed E-state index contributed by atoms with van der Waals surface area (Å²) >= 11 is 4.15. The Hall–Kier alpha value is -3.88. The molecule has 278 valence electrons. The number of fused-ring (bicyclic) bond motifs is 8. The fraction of sp³-hybridized carbons (Fsp3) is 0.292. The summed E-state index contributed by atoms with van der Waals surface area (Å²) in [5, 5.41) is 5.90. The Kier molecular flexibility index (Phi) is 8.22. The maximum Gasteiger partial charge on any atom is 0.277 e. The third kappa shape index (κ3) is 5.75. The molecule has 2 aliphatic heterocycles. The van der Waals surface area contributed by atoms with Gasteiger partial charge in [-0.15, -0.1) is 22.7 Å². The van der Waals surface area contributed by atoms with Crippen LogP contribution in [0.4, 0.5) is 34.1 Å². The molecule has 0 aliphatic carbocycles. The van der Waals surface area contributed by atoms with Gasteiger partial charge in [0.1, 0.15) is 0 Å². The van der Waals surface area contributed by atoms with Crippen molar-refractivity contribution in [2.24, 2.45) is 0 Å². The van der Waals surface area contributed by atoms with Gasteiger partial charge in [-0.2, -0.15) is 0 Å². The highest BCUT2D eigenvalue weighted by Gasteiger charge is 2.47. The largest absolute Gasteiger partial charge is 0.310 e. The van der Waals surface area contributed by atoms with Crippen LogP contribution in [0.1, 0.15) is 52.7 Å². The lowest BCUT2D eigenvalue weighted by atomic mass is 9.39. The molecule has 0 unspecified atom stereocenters. The van der Waals surface area contributed by atoms with Crippen molar-refractivity contribution in [1.82, 2.24) is 0 Å². The highest BCUT2D eigenvalue weighted by Crippen LogP contribution is 2.50. The molecule has 5 aromatic carbocycles. The molecule has 9 rings (SSSR count). The van der Waals surface area contributed by atoms with Crippen LogP contribution in [0.25, 0.3) is 20.2 Å². The average Bonchev–Trinajstić information content (AvgIpc) is 3.69. The zero-order chi connectivity index (χ0) is 39.0. The van der Waals surface area contributed by atoms with Crippen molar-refractivity contribution >= 4 is 125 Å². The van der Waals surface area contributed by atoms with Crippen molar-refractivity contribution in [1.29, 1.82) is 0 Å². The number of rotatable bonds is 4. The van der Waals surface area contributed by atoms with E-state index in [1.54, 1.807) is 10.4 Å². The van der Waals surface area contributed by atoms with E-state index < -0.39 is 16.1 Å². The minimum atomic E-state index is -1.66. The van der Waals surface area contributed by atoms with Gasteiger partial charge in [-0.3, -0.25) is 0 Å². The molecule has 0 radical (unpaired) electrons. The van der Waals surface area contributed by atoms with Gasteiger partial charge in [0, 0.05) is 52.5 Å². The van der Waals surface area contributed by atoms with E-state index in [-0.39, 0.29) is 17.5 Å². The van der Waals surface area contributed by atoms with E-state index in [1.165, 1.54) is 80.4 Å². The number of hydrogen-bond donors (Lipinski definition) is 0. The van der Waals surface area contributed by atoms with Crippen LogP contribution < -0.4 is 35.2 Å². The number of anilines is 6. The smallest absolute Gasteiger partial charge is 0.277 e. The van der Waals surface area contributed by atoms with Crippen LogP contribution in [0.2, 0.25) is 39.3 Å². The van der Waals surface area contributed by atoms with Crippen LogP contribution in [-0.4, -0.2) is 22.9 Å². The molecule has 0 saturated heterocycles. The lowest BCUT2D eigenvalue weighted by Gasteiger charge is -2.42. The first-order chi connectivity index (χ1) is 25.8. The lowest BCUT2D eigenvalue weighted by molar-refractivity contribution is 0.590. The predicted octanol–water partition coefficient (Wildman–Crippen LogP) is 11.9. The van der Waals surface area contributed by atoms with E-state index >= 15 is 0 Å². The summed E-state index contributed by atoms with van der Waals surface area (Å²) in [5.41, 5.74) is 12.1. The molecular formula is C48H53BN2S2Si2. The van der Waals surface area contributed by atoms with Gasteiger partial charge in [0.05, 0.1) is 27.5 Å². The highest BCUT2D eigenvalue weighted by atomic mass is 32.1. The number of benzene rings is 5. The van der Waals surface area contributed by atoms with Crippen molar-refractivity contribution < 1.29 is 0 Å². The molecule has 7 aromatic rings. The summed E-state index contributed by atoms with van der Waals surface area (Å²) in [6.45, 7) is 29.0. The van der Waals surface area contributed by atoms with Crippen LogP contribution in [-0.2, 0) is 10.8 Å². The SMILES string of the molecule is CC(C)(C)c1ccc(N2c3cccc4c3B(c3sc5c([Si](C)(C)C)cccc5c32)c2sc3c([Si](C)(C)C)cccc3c2N4c2ccc(C(C)(C)C)cc2)cc1. The Morgan fingerprint density at radius 2 is 0.836 bits per heavy atom. The number of nitrogens with zero attached hydrogens (tertiary/aromatic N) is 2. The summed E-state index contributed by atoms with van der Waals surface area (Å²) < 4.78 is 5.90. The normalized spacial score (nSPS) is 14.4. The number of thiophene rings is 2. The molecule has 2 aliphatic rings. The first kappa shape index (κ1) is 36.7. The van der Waals surface area contributed by atoms with Gasteiger partial charge < -0.3 is 9.80 Å². The number of hydrogen-bond acceptors (Lipinski definition) is 4. The second-order valence-electron chi connectivity index (χ2n) is 19.9. The van der Waals surface area contributed by atoms with Crippen molar-refractivity contribution in [3.8, 4) is 0 Å². The highest BCUT2D eigenvalue weighted by molar-refractivity contribution is 7.41. The summed E-state index contributed by atoms with van der Waals surface area (Å²) in [5.74, 6) is 0. The van der Waals surface area contributed by atoms with Gasteiger partial charge >= 0.3 is 0 Å². The Labute approximate surface area is 339 Å². The Morgan fingerprint density at radius 1 is 0.473 bits per heavy atom. The second kappa shape index (κ2) is 12.3. The minimum Gasteiger partial charge on any atom is -0.310 e. The first-order valence-electron chi connectivity index (χ1n) is 19.9. The maximum absolute atomic E-state index is 2.62. The summed E-state index contributed by atoms with van der Waals surface area (Å²) in [7, 11) is -3.32. The molecule has 55 heavy (non-hydrogen) atoms. The van der Waals surface area contributed by atoms with Crippen LogP contribution in [0.5, 0.6) is 0 Å². The quantitative estimate of drug-likeness (QED) is 0.164. The van der Waals surface area contributed by atoms with Gasteiger partial charge in [-0.1, -0.05) is 148 Å². The lowest BCUT2D eigenvalue weighted by Crippen LogP contribution is -2.59. The van der Waals surface area contributed by atoms with Gasteiger partial charge in [0.25, 0.3) is 6.71 Å². The molecule has 0 amide bonds. The molecule has 0 bridgehead atoms. The van der Waals surface area contributed by atoms with E-state index in [0.29, 0.717) is 0 Å². The van der Waals surface area contributed by atoms with Gasteiger partial charge in [0.15, 0.2) is 0 Å². The van der Waals surface area contributed by atoms with Crippen molar-refractivity contribution in [2.75, 3.05) is 9.80 Å². The third-order valence-corrected chi connectivity index (χ3v) is 18.8. The van der Waals surface area contributed by atoms with Crippen LogP contribution in [0, 0.1) is 0 Å². The maximum atomic E-state index is 2.62. The van der Waals surface area contributed by atoms with E-state index in [2.05, 4.69) is 216 Å². The molecule has 0 fully saturated rings. The molecule has 2 nitrogen and oxygen atoms in total. The summed E-state index contributed by atoms with van der Waals surface area (Å²) in [6, 6.07) is 40.3. The fourth-order valence-corrected chi connectivity index (χ4v) is 16.6. The van der Waals surface area contributed by atoms with Crippen molar-refractivity contribution in [2.45, 2.75) is 91.7 Å². The predicted molar refractivity (Wildman–Crippen MR) is 255 cm³/mol. The fourth-order valence-electron chi connectivity index (χ4n) is 8.89. The molecular weight excluding hydrogens is 736 g/mol. The summed E-state index contributed by atoms with van der Waals surface area (Å²) in [4.78, 5) is 5.24. The Balaban J connectivity index is 1.40. The molecule has 0 atom stereocenters. The van der Waals surface area contributed by atoms with Gasteiger partial charge in [0.2, 0.25) is 0 Å². The third-order valence-electron chi connectivity index (χ3n) is 11.8. The first-order valence-corrected chi connectivity index (χ1v) is 28.5. The molecule has 0 saturated carbocycles.